The quantitative estimate of drug-likeness (QED) is 0.830. The third-order valence-electron chi connectivity index (χ3n) is 3.21. The number of carbonyl (C=O) groups is 1. The third kappa shape index (κ3) is 4.05. The molecule has 0 bridgehead atoms. The van der Waals surface area contributed by atoms with E-state index >= 15 is 0 Å². The van der Waals surface area contributed by atoms with E-state index in [-0.39, 0.29) is 5.78 Å². The molecular weight excluding hydrogens is 268 g/mol. The molecule has 20 heavy (non-hydrogen) atoms. The lowest BCUT2D eigenvalue weighted by Gasteiger charge is -2.08. The fraction of sp³-hybridized carbons (Fsp3) is 0.375. The first-order valence-electron chi connectivity index (χ1n) is 6.79. The molecule has 0 amide bonds. The minimum absolute atomic E-state index is 0.273. The average molecular weight is 288 g/mol. The Morgan fingerprint density at radius 2 is 2.15 bits per heavy atom. The molecule has 0 saturated heterocycles. The Balaban J connectivity index is 2.01. The number of para-hydroxylation sites is 1. The number of hydrogen-bond donors (Lipinski definition) is 1. The number of Topliss-reactive ketones (excluding diaryl/α,β-unsaturated/α-hetero) is 1. The summed E-state index contributed by atoms with van der Waals surface area (Å²) < 4.78 is 0. The molecule has 2 aromatic rings. The molecule has 0 unspecified atom stereocenters. The highest BCUT2D eigenvalue weighted by Crippen LogP contribution is 2.20. The van der Waals surface area contributed by atoms with Crippen LogP contribution in [-0.4, -0.2) is 36.3 Å². The van der Waals surface area contributed by atoms with Gasteiger partial charge in [-0.25, -0.2) is 0 Å². The summed E-state index contributed by atoms with van der Waals surface area (Å²) in [6.07, 6.45) is 3.79. The molecule has 1 heterocycles. The van der Waals surface area contributed by atoms with Gasteiger partial charge in [-0.05, 0) is 44.8 Å². The highest BCUT2D eigenvalue weighted by Gasteiger charge is 2.06. The van der Waals surface area contributed by atoms with Gasteiger partial charge in [0.25, 0.3) is 0 Å². The van der Waals surface area contributed by atoms with Gasteiger partial charge in [-0.1, -0.05) is 12.1 Å². The van der Waals surface area contributed by atoms with Crippen molar-refractivity contribution in [2.24, 2.45) is 0 Å². The van der Waals surface area contributed by atoms with Crippen molar-refractivity contribution in [3.63, 3.8) is 0 Å². The van der Waals surface area contributed by atoms with Crippen LogP contribution in [0.5, 0.6) is 0 Å². The lowest BCUT2D eigenvalue weighted by Crippen LogP contribution is -2.14. The number of nitrogens with zero attached hydrogens (tertiary/aromatic N) is 2. The van der Waals surface area contributed by atoms with Crippen molar-refractivity contribution in [1.82, 2.24) is 9.88 Å². The minimum atomic E-state index is 0.273. The van der Waals surface area contributed by atoms with E-state index in [2.05, 4.69) is 22.5 Å². The Labute approximate surface area is 125 Å². The highest BCUT2D eigenvalue weighted by atomic mass is 32.1. The van der Waals surface area contributed by atoms with E-state index in [1.165, 1.54) is 0 Å². The molecule has 0 fully saturated rings. The topological polar surface area (TPSA) is 33.2 Å². The van der Waals surface area contributed by atoms with Gasteiger partial charge in [0.05, 0.1) is 5.52 Å². The van der Waals surface area contributed by atoms with Crippen LogP contribution in [0.2, 0.25) is 0 Å². The lowest BCUT2D eigenvalue weighted by molar-refractivity contribution is -0.118. The van der Waals surface area contributed by atoms with E-state index in [4.69, 9.17) is 0 Å². The summed E-state index contributed by atoms with van der Waals surface area (Å²) in [6.45, 7) is 0.949. The van der Waals surface area contributed by atoms with Crippen molar-refractivity contribution in [3.05, 3.63) is 36.0 Å². The Morgan fingerprint density at radius 1 is 1.35 bits per heavy atom. The molecule has 3 nitrogen and oxygen atoms in total. The van der Waals surface area contributed by atoms with E-state index < -0.39 is 0 Å². The van der Waals surface area contributed by atoms with E-state index in [9.17, 15) is 4.79 Å². The normalized spacial score (nSPS) is 11.2. The van der Waals surface area contributed by atoms with Gasteiger partial charge in [0.1, 0.15) is 5.78 Å². The molecule has 106 valence electrons. The molecule has 4 heteroatoms. The number of thiol groups is 1. The molecule has 1 aromatic carbocycles. The predicted molar refractivity (Wildman–Crippen MR) is 85.5 cm³/mol. The number of ketones is 1. The molecule has 0 radical (unpaired) electrons. The molecule has 0 aliphatic carbocycles. The van der Waals surface area contributed by atoms with Gasteiger partial charge < -0.3 is 4.90 Å². The van der Waals surface area contributed by atoms with Crippen LogP contribution >= 0.6 is 12.6 Å². The van der Waals surface area contributed by atoms with Crippen molar-refractivity contribution >= 4 is 29.3 Å². The van der Waals surface area contributed by atoms with Crippen LogP contribution in [0, 0.1) is 0 Å². The van der Waals surface area contributed by atoms with E-state index in [0.717, 1.165) is 34.3 Å². The summed E-state index contributed by atoms with van der Waals surface area (Å²) in [7, 11) is 4.04. The van der Waals surface area contributed by atoms with Crippen LogP contribution in [0.3, 0.4) is 0 Å². The Hall–Kier alpha value is -1.39. The standard InChI is InChI=1S/C16H20N2OS/c1-18(2)8-4-6-14(19)10-12-9-13-5-3-7-15(20)16(13)17-11-12/h3,5,7,9,11,20H,4,6,8,10H2,1-2H3. The van der Waals surface area contributed by atoms with Crippen molar-refractivity contribution in [1.29, 1.82) is 0 Å². The number of fused-ring (bicyclic) bond motifs is 1. The van der Waals surface area contributed by atoms with Crippen LogP contribution < -0.4 is 0 Å². The van der Waals surface area contributed by atoms with Crippen molar-refractivity contribution in [2.75, 3.05) is 20.6 Å². The van der Waals surface area contributed by atoms with Gasteiger partial charge >= 0.3 is 0 Å². The third-order valence-corrected chi connectivity index (χ3v) is 3.57. The second-order valence-electron chi connectivity index (χ2n) is 5.31. The number of aromatic nitrogens is 1. The first kappa shape index (κ1) is 15.0. The molecule has 0 spiro atoms. The van der Waals surface area contributed by atoms with Crippen LogP contribution in [0.15, 0.2) is 35.4 Å². The molecule has 0 N–H and O–H groups in total. The zero-order valence-electron chi connectivity index (χ0n) is 12.0. The second kappa shape index (κ2) is 6.86. The fourth-order valence-electron chi connectivity index (χ4n) is 2.20. The van der Waals surface area contributed by atoms with Crippen LogP contribution in [0.4, 0.5) is 0 Å². The van der Waals surface area contributed by atoms with E-state index in [1.54, 1.807) is 6.20 Å². The van der Waals surface area contributed by atoms with E-state index in [1.807, 2.05) is 38.4 Å². The van der Waals surface area contributed by atoms with Gasteiger partial charge in [-0.3, -0.25) is 9.78 Å². The number of hydrogen-bond acceptors (Lipinski definition) is 4. The van der Waals surface area contributed by atoms with E-state index in [0.29, 0.717) is 12.8 Å². The number of carbonyl (C=O) groups excluding carboxylic acids is 1. The van der Waals surface area contributed by atoms with Crippen LogP contribution in [-0.2, 0) is 11.2 Å². The van der Waals surface area contributed by atoms with Crippen LogP contribution in [0.25, 0.3) is 10.9 Å². The maximum atomic E-state index is 11.9. The summed E-state index contributed by atoms with van der Waals surface area (Å²) in [5.41, 5.74) is 1.87. The van der Waals surface area contributed by atoms with Crippen molar-refractivity contribution in [2.45, 2.75) is 24.2 Å². The summed E-state index contributed by atoms with van der Waals surface area (Å²) in [4.78, 5) is 19.3. The maximum Gasteiger partial charge on any atom is 0.137 e. The van der Waals surface area contributed by atoms with Gasteiger partial charge in [0, 0.05) is 29.3 Å². The van der Waals surface area contributed by atoms with Crippen LogP contribution in [0.1, 0.15) is 18.4 Å². The molecule has 0 saturated carbocycles. The maximum absolute atomic E-state index is 11.9. The SMILES string of the molecule is CN(C)CCCC(=O)Cc1cnc2c(S)cccc2c1. The minimum Gasteiger partial charge on any atom is -0.309 e. The number of pyridine rings is 1. The monoisotopic (exact) mass is 288 g/mol. The molecular formula is C16H20N2OS. The molecule has 2 rings (SSSR count). The smallest absolute Gasteiger partial charge is 0.137 e. The van der Waals surface area contributed by atoms with Gasteiger partial charge in [0.2, 0.25) is 0 Å². The molecule has 0 atom stereocenters. The van der Waals surface area contributed by atoms with Gasteiger partial charge in [0.15, 0.2) is 0 Å². The first-order chi connectivity index (χ1) is 9.56. The molecule has 1 aromatic heterocycles. The fourth-order valence-corrected chi connectivity index (χ4v) is 2.47. The summed E-state index contributed by atoms with van der Waals surface area (Å²) >= 11 is 4.39. The van der Waals surface area contributed by atoms with Gasteiger partial charge in [-0.15, -0.1) is 12.6 Å². The Kier molecular flexibility index (Phi) is 5.15. The molecule has 0 aliphatic rings. The summed E-state index contributed by atoms with van der Waals surface area (Å²) in [5.74, 6) is 0.273. The first-order valence-corrected chi connectivity index (χ1v) is 7.24. The van der Waals surface area contributed by atoms with Gasteiger partial charge in [-0.2, -0.15) is 0 Å². The van der Waals surface area contributed by atoms with Crippen molar-refractivity contribution in [3.8, 4) is 0 Å². The highest BCUT2D eigenvalue weighted by molar-refractivity contribution is 7.80. The predicted octanol–water partition coefficient (Wildman–Crippen LogP) is 2.98. The second-order valence-corrected chi connectivity index (χ2v) is 5.80. The zero-order chi connectivity index (χ0) is 14.5. The zero-order valence-corrected chi connectivity index (χ0v) is 12.9. The number of rotatable bonds is 6. The van der Waals surface area contributed by atoms with Crippen molar-refractivity contribution < 1.29 is 4.79 Å². The summed E-state index contributed by atoms with van der Waals surface area (Å²) in [6, 6.07) is 7.91. The number of benzene rings is 1. The Morgan fingerprint density at radius 3 is 2.90 bits per heavy atom. The molecule has 0 aliphatic heterocycles. The largest absolute Gasteiger partial charge is 0.309 e. The average Bonchev–Trinajstić information content (AvgIpc) is 2.38. The lowest BCUT2D eigenvalue weighted by atomic mass is 10.1. The Bertz CT molecular complexity index is 610. The summed E-state index contributed by atoms with van der Waals surface area (Å²) in [5, 5.41) is 1.04.